The molecule has 9 nitrogen and oxygen atoms in total. The number of nitrogens with one attached hydrogen (secondary N) is 4. The van der Waals surface area contributed by atoms with E-state index in [-0.39, 0.29) is 29.3 Å². The first-order valence-corrected chi connectivity index (χ1v) is 8.43. The molecule has 0 saturated carbocycles. The molecule has 0 aliphatic carbocycles. The number of hydrogen-bond donors (Lipinski definition) is 6. The lowest BCUT2D eigenvalue weighted by molar-refractivity contribution is -0.996. The van der Waals surface area contributed by atoms with E-state index < -0.39 is 16.4 Å². The second-order valence-corrected chi connectivity index (χ2v) is 6.33. The fourth-order valence-electron chi connectivity index (χ4n) is 3.09. The van der Waals surface area contributed by atoms with E-state index in [0.717, 1.165) is 40.4 Å². The van der Waals surface area contributed by atoms with Crippen molar-refractivity contribution >= 4 is 28.2 Å². The average molecular weight is 390 g/mol. The fourth-order valence-corrected chi connectivity index (χ4v) is 3.09. The van der Waals surface area contributed by atoms with Gasteiger partial charge in [0.2, 0.25) is 0 Å². The van der Waals surface area contributed by atoms with Gasteiger partial charge in [0, 0.05) is 35.3 Å². The van der Waals surface area contributed by atoms with Crippen LogP contribution in [0.25, 0.3) is 10.9 Å². The van der Waals surface area contributed by atoms with Gasteiger partial charge < -0.3 is 20.7 Å². The largest absolute Gasteiger partial charge is 0.595 e. The molecule has 1 amide bonds. The minimum Gasteiger partial charge on any atom is -0.595 e. The van der Waals surface area contributed by atoms with Gasteiger partial charge in [0.05, 0.1) is 11.6 Å². The molecule has 0 radical (unpaired) electrons. The Balaban J connectivity index is 1.75. The molecule has 0 spiro atoms. The Morgan fingerprint density at radius 1 is 1.14 bits per heavy atom. The van der Waals surface area contributed by atoms with Crippen molar-refractivity contribution in [2.75, 3.05) is 6.54 Å². The predicted molar refractivity (Wildman–Crippen MR) is 97.0 cm³/mol. The Morgan fingerprint density at radius 3 is 2.39 bits per heavy atom. The molecule has 0 fully saturated rings. The summed E-state index contributed by atoms with van der Waals surface area (Å²) in [6.45, 7) is 2.06. The van der Waals surface area contributed by atoms with Gasteiger partial charge in [-0.2, -0.15) is 10.5 Å². The highest BCUT2D eigenvalue weighted by Gasteiger charge is 2.16. The number of rotatable bonds is 6. The van der Waals surface area contributed by atoms with Crippen LogP contribution in [-0.2, 0) is 6.42 Å². The van der Waals surface area contributed by atoms with Crippen molar-refractivity contribution < 1.29 is 30.1 Å². The zero-order valence-electron chi connectivity index (χ0n) is 14.9. The molecule has 10 heteroatoms. The molecule has 1 aromatic heterocycles. The zero-order valence-corrected chi connectivity index (χ0v) is 14.9. The fraction of sp³-hybridized carbons (Fsp3) is 0.167. The summed E-state index contributed by atoms with van der Waals surface area (Å²) in [5.74, 6) is -0.947. The molecule has 0 aliphatic rings. The Hall–Kier alpha value is -2.86. The summed E-state index contributed by atoms with van der Waals surface area (Å²) in [7, 11) is 0. The van der Waals surface area contributed by atoms with E-state index in [0.29, 0.717) is 6.42 Å². The van der Waals surface area contributed by atoms with Gasteiger partial charge in [0.15, 0.2) is 11.4 Å². The zero-order chi connectivity index (χ0) is 20.4. The van der Waals surface area contributed by atoms with Crippen LogP contribution in [0.2, 0.25) is 0 Å². The molecule has 28 heavy (non-hydrogen) atoms. The van der Waals surface area contributed by atoms with Crippen LogP contribution >= 0.6 is 0 Å². The second-order valence-electron chi connectivity index (χ2n) is 6.33. The maximum absolute atomic E-state index is 13.5. The third-order valence-electron chi connectivity index (χ3n) is 4.43. The normalized spacial score (nSPS) is 13.5. The van der Waals surface area contributed by atoms with Crippen LogP contribution in [0.1, 0.15) is 21.6 Å². The summed E-state index contributed by atoms with van der Waals surface area (Å²) in [5, 5.41) is 41.2. The summed E-state index contributed by atoms with van der Waals surface area (Å²) >= 11 is 0. The highest BCUT2D eigenvalue weighted by molar-refractivity contribution is 5.95. The summed E-state index contributed by atoms with van der Waals surface area (Å²) < 4.78 is 13.5. The number of aromatic amines is 1. The second kappa shape index (κ2) is 8.02. The molecule has 1 heterocycles. The van der Waals surface area contributed by atoms with Crippen molar-refractivity contribution in [1.82, 2.24) is 10.3 Å². The Kier molecular flexibility index (Phi) is 5.70. The average Bonchev–Trinajstić information content (AvgIpc) is 2.96. The lowest BCUT2D eigenvalue weighted by Crippen LogP contribution is -3.00. The molecular weight excluding hydrogens is 371 g/mol. The first-order chi connectivity index (χ1) is 13.3. The number of aromatic nitrogens is 1. The standard InChI is InChI=1S/C18H19FN4O5/c1-10-15(16-8-12(19)2-3-17(16)21-10)4-5-20-18(24)11-6-13(22(25)26)9-14(7-11)23(27)28/h2-3,6-9,21-23,25,27H,4-5H2,1H3,(H,20,24). The number of amides is 1. The molecule has 3 rings (SSSR count). The Bertz CT molecular complexity index is 992. The minimum absolute atomic E-state index is 0.0565. The number of fused-ring (bicyclic) bond motifs is 1. The highest BCUT2D eigenvalue weighted by atomic mass is 19.1. The first-order valence-electron chi connectivity index (χ1n) is 8.43. The topological polar surface area (TPSA) is 140 Å². The van der Waals surface area contributed by atoms with E-state index in [1.54, 1.807) is 6.07 Å². The van der Waals surface area contributed by atoms with Crippen molar-refractivity contribution in [1.29, 1.82) is 0 Å². The van der Waals surface area contributed by atoms with E-state index in [2.05, 4.69) is 10.3 Å². The van der Waals surface area contributed by atoms with E-state index in [1.807, 2.05) is 6.92 Å². The van der Waals surface area contributed by atoms with Crippen molar-refractivity contribution in [3.8, 4) is 0 Å². The van der Waals surface area contributed by atoms with Crippen LogP contribution in [-0.4, -0.2) is 27.9 Å². The van der Waals surface area contributed by atoms with Crippen LogP contribution in [0, 0.1) is 23.2 Å². The summed E-state index contributed by atoms with van der Waals surface area (Å²) in [5.41, 5.74) is 1.89. The lowest BCUT2D eigenvalue weighted by atomic mass is 10.1. The van der Waals surface area contributed by atoms with Gasteiger partial charge in [-0.05, 0) is 37.1 Å². The number of aryl methyl sites for hydroxylation is 1. The maximum Gasteiger partial charge on any atom is 0.251 e. The van der Waals surface area contributed by atoms with Crippen molar-refractivity contribution in [3.63, 3.8) is 0 Å². The molecular formula is C18H19FN4O5. The smallest absolute Gasteiger partial charge is 0.251 e. The van der Waals surface area contributed by atoms with Crippen LogP contribution < -0.4 is 15.8 Å². The van der Waals surface area contributed by atoms with E-state index in [9.17, 15) is 19.6 Å². The molecule has 0 saturated heterocycles. The van der Waals surface area contributed by atoms with Crippen molar-refractivity contribution in [2.24, 2.45) is 0 Å². The van der Waals surface area contributed by atoms with Gasteiger partial charge >= 0.3 is 0 Å². The van der Waals surface area contributed by atoms with Gasteiger partial charge in [-0.15, -0.1) is 0 Å². The van der Waals surface area contributed by atoms with Crippen LogP contribution in [0.5, 0.6) is 0 Å². The van der Waals surface area contributed by atoms with Crippen LogP contribution in [0.15, 0.2) is 36.4 Å². The lowest BCUT2D eigenvalue weighted by Gasteiger charge is -2.17. The van der Waals surface area contributed by atoms with Gasteiger partial charge in [-0.3, -0.25) is 4.79 Å². The predicted octanol–water partition coefficient (Wildman–Crippen LogP) is 0.395. The first kappa shape index (κ1) is 19.9. The SMILES string of the molecule is Cc1[nH]c2ccc(F)cc2c1CCNC(=O)c1cc([NH+]([O-])O)cc([NH+]([O-])O)c1. The summed E-state index contributed by atoms with van der Waals surface area (Å²) in [4.78, 5) is 15.5. The monoisotopic (exact) mass is 390 g/mol. The van der Waals surface area contributed by atoms with Gasteiger partial charge in [-0.1, -0.05) is 0 Å². The van der Waals surface area contributed by atoms with E-state index >= 15 is 0 Å². The number of H-pyrrole nitrogens is 1. The van der Waals surface area contributed by atoms with Crippen LogP contribution in [0.4, 0.5) is 15.8 Å². The van der Waals surface area contributed by atoms with Gasteiger partial charge in [0.25, 0.3) is 5.91 Å². The molecule has 3 aromatic rings. The van der Waals surface area contributed by atoms with E-state index in [1.165, 1.54) is 12.1 Å². The summed E-state index contributed by atoms with van der Waals surface area (Å²) in [6.07, 6.45) is 0.422. The number of hydrogen-bond acceptors (Lipinski definition) is 5. The molecule has 0 aliphatic heterocycles. The summed E-state index contributed by atoms with van der Waals surface area (Å²) in [6, 6.07) is 7.66. The maximum atomic E-state index is 13.5. The Labute approximate surface area is 158 Å². The number of benzene rings is 2. The molecule has 0 bridgehead atoms. The van der Waals surface area contributed by atoms with Gasteiger partial charge in [-0.25, -0.2) is 14.8 Å². The number of carbonyl (C=O) groups is 1. The third-order valence-corrected chi connectivity index (χ3v) is 4.43. The third kappa shape index (κ3) is 4.17. The molecule has 2 atom stereocenters. The van der Waals surface area contributed by atoms with Crippen molar-refractivity contribution in [3.05, 3.63) is 69.5 Å². The van der Waals surface area contributed by atoms with Gasteiger partial charge in [0.1, 0.15) is 5.82 Å². The molecule has 2 unspecified atom stereocenters. The molecule has 6 N–H and O–H groups in total. The van der Waals surface area contributed by atoms with Crippen molar-refractivity contribution in [2.45, 2.75) is 13.3 Å². The van der Waals surface area contributed by atoms with Crippen LogP contribution in [0.3, 0.4) is 0 Å². The number of quaternary nitrogens is 2. The Morgan fingerprint density at radius 2 is 1.79 bits per heavy atom. The molecule has 148 valence electrons. The number of carbonyl (C=O) groups excluding carboxylic acids is 1. The minimum atomic E-state index is -1.33. The quantitative estimate of drug-likeness (QED) is 0.338. The highest BCUT2D eigenvalue weighted by Crippen LogP contribution is 2.23. The number of halogens is 1. The van der Waals surface area contributed by atoms with E-state index in [4.69, 9.17) is 10.4 Å². The molecule has 2 aromatic carbocycles.